The fourth-order valence-corrected chi connectivity index (χ4v) is 2.30. The van der Waals surface area contributed by atoms with Crippen molar-refractivity contribution in [3.63, 3.8) is 0 Å². The lowest BCUT2D eigenvalue weighted by Crippen LogP contribution is -2.34. The van der Waals surface area contributed by atoms with Crippen LogP contribution in [-0.4, -0.2) is 37.8 Å². The van der Waals surface area contributed by atoms with Gasteiger partial charge in [0, 0.05) is 30.9 Å². The van der Waals surface area contributed by atoms with Crippen molar-refractivity contribution in [3.8, 4) is 17.2 Å². The smallest absolute Gasteiger partial charge is 0.258 e. The maximum atomic E-state index is 12.0. The number of carbonyl (C=O) groups is 1. The average molecular weight is 346 g/mol. The third kappa shape index (κ3) is 5.27. The van der Waals surface area contributed by atoms with Crippen LogP contribution in [0.5, 0.6) is 17.2 Å². The minimum absolute atomic E-state index is 0.107. The highest BCUT2D eigenvalue weighted by atomic mass is 16.5. The number of carbonyl (C=O) groups excluding carboxylic acids is 1. The minimum Gasteiger partial charge on any atom is -0.497 e. The third-order valence-corrected chi connectivity index (χ3v) is 3.61. The second-order valence-electron chi connectivity index (χ2n) is 5.34. The number of hydrogen-bond donors (Lipinski definition) is 1. The molecule has 1 amide bonds. The molecule has 0 radical (unpaired) electrons. The van der Waals surface area contributed by atoms with Gasteiger partial charge in [0.2, 0.25) is 0 Å². The van der Waals surface area contributed by atoms with Crippen molar-refractivity contribution in [2.75, 3.05) is 27.4 Å². The van der Waals surface area contributed by atoms with Crippen molar-refractivity contribution in [3.05, 3.63) is 52.4 Å². The quantitative estimate of drug-likeness (QED) is 0.781. The Morgan fingerprint density at radius 1 is 1.08 bits per heavy atom. The van der Waals surface area contributed by atoms with Crippen LogP contribution < -0.4 is 25.1 Å². The number of hydrogen-bond acceptors (Lipinski definition) is 5. The van der Waals surface area contributed by atoms with Gasteiger partial charge in [0.15, 0.2) is 6.61 Å². The van der Waals surface area contributed by atoms with Gasteiger partial charge in [-0.05, 0) is 25.1 Å². The van der Waals surface area contributed by atoms with E-state index in [-0.39, 0.29) is 18.1 Å². The molecule has 1 aromatic heterocycles. The molecule has 134 valence electrons. The molecule has 0 aliphatic carbocycles. The largest absolute Gasteiger partial charge is 0.497 e. The molecular weight excluding hydrogens is 324 g/mol. The Morgan fingerprint density at radius 3 is 2.48 bits per heavy atom. The number of rotatable bonds is 8. The summed E-state index contributed by atoms with van der Waals surface area (Å²) in [6.45, 7) is 2.41. The molecule has 0 fully saturated rings. The Hall–Kier alpha value is -2.96. The molecule has 2 aromatic rings. The summed E-state index contributed by atoms with van der Waals surface area (Å²) in [6.07, 6.45) is 0. The Labute approximate surface area is 146 Å². The molecule has 0 aliphatic heterocycles. The lowest BCUT2D eigenvalue weighted by atomic mass is 10.3. The van der Waals surface area contributed by atoms with Gasteiger partial charge in [-0.3, -0.25) is 9.59 Å². The highest BCUT2D eigenvalue weighted by Gasteiger charge is 2.06. The topological polar surface area (TPSA) is 78.8 Å². The summed E-state index contributed by atoms with van der Waals surface area (Å²) >= 11 is 0. The van der Waals surface area contributed by atoms with E-state index in [4.69, 9.17) is 14.2 Å². The van der Waals surface area contributed by atoms with Gasteiger partial charge in [0.05, 0.1) is 14.2 Å². The van der Waals surface area contributed by atoms with E-state index < -0.39 is 0 Å². The van der Waals surface area contributed by atoms with Crippen LogP contribution in [-0.2, 0) is 11.3 Å². The van der Waals surface area contributed by atoms with E-state index in [1.807, 2.05) is 6.92 Å². The second kappa shape index (κ2) is 8.77. The first-order valence-corrected chi connectivity index (χ1v) is 7.82. The first-order valence-electron chi connectivity index (χ1n) is 7.82. The number of nitrogens with zero attached hydrogens (tertiary/aromatic N) is 1. The molecule has 0 atom stereocenters. The van der Waals surface area contributed by atoms with Crippen LogP contribution in [0.2, 0.25) is 0 Å². The van der Waals surface area contributed by atoms with Crippen molar-refractivity contribution in [2.24, 2.45) is 0 Å². The standard InChI is InChI=1S/C18H22N2O5/c1-13-9-16(24-3)11-18(22)20(13)8-7-19-17(21)12-25-15-6-4-5-14(10-15)23-2/h4-6,9-11H,7-8,12H2,1-3H3,(H,19,21). The molecule has 0 saturated heterocycles. The molecule has 0 aliphatic rings. The van der Waals surface area contributed by atoms with Crippen molar-refractivity contribution >= 4 is 5.91 Å². The van der Waals surface area contributed by atoms with Crippen LogP contribution >= 0.6 is 0 Å². The maximum absolute atomic E-state index is 12.0. The maximum Gasteiger partial charge on any atom is 0.258 e. The summed E-state index contributed by atoms with van der Waals surface area (Å²) in [5, 5.41) is 2.73. The van der Waals surface area contributed by atoms with E-state index in [2.05, 4.69) is 5.32 Å². The Bertz CT molecular complexity index is 785. The summed E-state index contributed by atoms with van der Waals surface area (Å²) in [5.74, 6) is 1.47. The van der Waals surface area contributed by atoms with Gasteiger partial charge in [0.1, 0.15) is 17.2 Å². The molecule has 0 bridgehead atoms. The van der Waals surface area contributed by atoms with E-state index in [9.17, 15) is 9.59 Å². The summed E-state index contributed by atoms with van der Waals surface area (Å²) in [7, 11) is 3.08. The second-order valence-corrected chi connectivity index (χ2v) is 5.34. The number of methoxy groups -OCH3 is 2. The summed E-state index contributed by atoms with van der Waals surface area (Å²) in [6, 6.07) is 10.2. The van der Waals surface area contributed by atoms with Gasteiger partial charge in [-0.2, -0.15) is 0 Å². The number of pyridine rings is 1. The predicted octanol–water partition coefficient (Wildman–Crippen LogP) is 1.37. The van der Waals surface area contributed by atoms with Crippen molar-refractivity contribution in [1.29, 1.82) is 0 Å². The van der Waals surface area contributed by atoms with Crippen LogP contribution in [0.1, 0.15) is 5.69 Å². The summed E-state index contributed by atoms with van der Waals surface area (Å²) in [4.78, 5) is 23.9. The number of ether oxygens (including phenoxy) is 3. The van der Waals surface area contributed by atoms with E-state index >= 15 is 0 Å². The van der Waals surface area contributed by atoms with E-state index in [0.717, 1.165) is 5.69 Å². The molecule has 1 aromatic carbocycles. The zero-order chi connectivity index (χ0) is 18.2. The first-order chi connectivity index (χ1) is 12.0. The Morgan fingerprint density at radius 2 is 1.80 bits per heavy atom. The number of aromatic nitrogens is 1. The van der Waals surface area contributed by atoms with Gasteiger partial charge < -0.3 is 24.1 Å². The highest BCUT2D eigenvalue weighted by Crippen LogP contribution is 2.18. The van der Waals surface area contributed by atoms with Crippen molar-refractivity contribution < 1.29 is 19.0 Å². The first kappa shape index (κ1) is 18.4. The molecule has 7 heteroatoms. The van der Waals surface area contributed by atoms with Gasteiger partial charge in [0.25, 0.3) is 11.5 Å². The monoisotopic (exact) mass is 346 g/mol. The van der Waals surface area contributed by atoms with Crippen LogP contribution in [0.4, 0.5) is 0 Å². The normalized spacial score (nSPS) is 10.2. The highest BCUT2D eigenvalue weighted by molar-refractivity contribution is 5.77. The van der Waals surface area contributed by atoms with Crippen LogP contribution in [0.25, 0.3) is 0 Å². The lowest BCUT2D eigenvalue weighted by Gasteiger charge is -2.12. The van der Waals surface area contributed by atoms with Gasteiger partial charge in [-0.1, -0.05) is 6.07 Å². The van der Waals surface area contributed by atoms with E-state index in [0.29, 0.717) is 30.3 Å². The van der Waals surface area contributed by atoms with Crippen LogP contribution in [0.3, 0.4) is 0 Å². The van der Waals surface area contributed by atoms with E-state index in [1.54, 1.807) is 42.0 Å². The van der Waals surface area contributed by atoms with Gasteiger partial charge in [-0.25, -0.2) is 0 Å². The van der Waals surface area contributed by atoms with E-state index in [1.165, 1.54) is 13.2 Å². The number of benzene rings is 1. The lowest BCUT2D eigenvalue weighted by molar-refractivity contribution is -0.123. The number of amides is 1. The summed E-state index contributed by atoms with van der Waals surface area (Å²) in [5.41, 5.74) is 0.602. The predicted molar refractivity (Wildman–Crippen MR) is 93.5 cm³/mol. The van der Waals surface area contributed by atoms with Crippen LogP contribution in [0.15, 0.2) is 41.2 Å². The molecule has 1 N–H and O–H groups in total. The number of nitrogens with one attached hydrogen (secondary N) is 1. The average Bonchev–Trinajstić information content (AvgIpc) is 2.62. The summed E-state index contributed by atoms with van der Waals surface area (Å²) < 4.78 is 17.1. The molecule has 7 nitrogen and oxygen atoms in total. The number of aryl methyl sites for hydroxylation is 1. The molecule has 25 heavy (non-hydrogen) atoms. The zero-order valence-corrected chi connectivity index (χ0v) is 14.6. The van der Waals surface area contributed by atoms with Gasteiger partial charge >= 0.3 is 0 Å². The Balaban J connectivity index is 1.82. The van der Waals surface area contributed by atoms with Gasteiger partial charge in [-0.15, -0.1) is 0 Å². The Kier molecular flexibility index (Phi) is 6.45. The molecule has 0 unspecified atom stereocenters. The van der Waals surface area contributed by atoms with Crippen molar-refractivity contribution in [1.82, 2.24) is 9.88 Å². The fraction of sp³-hybridized carbons (Fsp3) is 0.333. The van der Waals surface area contributed by atoms with Crippen molar-refractivity contribution in [2.45, 2.75) is 13.5 Å². The molecular formula is C18H22N2O5. The van der Waals surface area contributed by atoms with Crippen LogP contribution in [0, 0.1) is 6.92 Å². The molecule has 0 saturated carbocycles. The molecule has 2 rings (SSSR count). The SMILES string of the molecule is COc1cccc(OCC(=O)NCCn2c(C)cc(OC)cc2=O)c1. The minimum atomic E-state index is -0.262. The molecule has 0 spiro atoms. The molecule has 1 heterocycles. The zero-order valence-electron chi connectivity index (χ0n) is 14.6. The third-order valence-electron chi connectivity index (χ3n) is 3.61. The fourth-order valence-electron chi connectivity index (χ4n) is 2.30.